The lowest BCUT2D eigenvalue weighted by atomic mass is 10.1. The van der Waals surface area contributed by atoms with Crippen LogP contribution in [0.3, 0.4) is 0 Å². The van der Waals surface area contributed by atoms with Gasteiger partial charge in [0.1, 0.15) is 0 Å². The molecular weight excluding hydrogens is 358 g/mol. The quantitative estimate of drug-likeness (QED) is 0.838. The molecule has 2 aromatic rings. The summed E-state index contributed by atoms with van der Waals surface area (Å²) in [6, 6.07) is 5.95. The first-order valence-electron chi connectivity index (χ1n) is 8.52. The fraction of sp³-hybridized carbons (Fsp3) is 0.471. The van der Waals surface area contributed by atoms with Gasteiger partial charge in [-0.25, -0.2) is 4.68 Å². The Hall–Kier alpha value is -2.32. The van der Waals surface area contributed by atoms with Crippen molar-refractivity contribution in [3.63, 3.8) is 0 Å². The monoisotopic (exact) mass is 379 g/mol. The Bertz CT molecular complexity index is 789. The fourth-order valence-electron chi connectivity index (χ4n) is 3.34. The van der Waals surface area contributed by atoms with Crippen molar-refractivity contribution >= 4 is 18.3 Å². The van der Waals surface area contributed by atoms with E-state index in [0.717, 1.165) is 37.2 Å². The van der Waals surface area contributed by atoms with Gasteiger partial charge >= 0.3 is 0 Å². The molecule has 8 nitrogen and oxygen atoms in total. The maximum Gasteiger partial charge on any atom is 0.274 e. The summed E-state index contributed by atoms with van der Waals surface area (Å²) in [7, 11) is 0. The number of hydrogen-bond donors (Lipinski definition) is 2. The average Bonchev–Trinajstić information content (AvgIpc) is 3.27. The van der Waals surface area contributed by atoms with Crippen molar-refractivity contribution in [1.29, 1.82) is 0 Å². The molecular formula is C17H22ClN5O3. The van der Waals surface area contributed by atoms with Gasteiger partial charge in [0.15, 0.2) is 17.2 Å². The Morgan fingerprint density at radius 2 is 2.15 bits per heavy atom. The number of para-hydroxylation sites is 1. The molecule has 0 bridgehead atoms. The normalized spacial score (nSPS) is 16.2. The van der Waals surface area contributed by atoms with E-state index in [1.807, 2.05) is 29.8 Å². The van der Waals surface area contributed by atoms with Crippen LogP contribution in [0.4, 0.5) is 0 Å². The number of rotatable bonds is 4. The number of ether oxygens (including phenoxy) is 2. The van der Waals surface area contributed by atoms with Crippen molar-refractivity contribution in [2.45, 2.75) is 32.4 Å². The molecule has 0 radical (unpaired) electrons. The first kappa shape index (κ1) is 18.5. The number of nitrogens with one attached hydrogen (secondary N) is 2. The van der Waals surface area contributed by atoms with Crippen molar-refractivity contribution in [3.05, 3.63) is 35.2 Å². The van der Waals surface area contributed by atoms with E-state index in [0.29, 0.717) is 29.8 Å². The van der Waals surface area contributed by atoms with Gasteiger partial charge in [0.05, 0.1) is 11.7 Å². The van der Waals surface area contributed by atoms with Crippen LogP contribution < -0.4 is 20.1 Å². The van der Waals surface area contributed by atoms with Crippen LogP contribution in [0, 0.1) is 6.92 Å². The Balaban J connectivity index is 0.00000196. The third-order valence-electron chi connectivity index (χ3n) is 4.71. The summed E-state index contributed by atoms with van der Waals surface area (Å²) in [6.45, 7) is 4.39. The van der Waals surface area contributed by atoms with Gasteiger partial charge in [0, 0.05) is 12.1 Å². The number of hydrogen-bond acceptors (Lipinski definition) is 6. The third-order valence-corrected chi connectivity index (χ3v) is 4.71. The second kappa shape index (κ2) is 7.92. The van der Waals surface area contributed by atoms with Gasteiger partial charge < -0.3 is 20.1 Å². The number of benzene rings is 1. The SMILES string of the molecule is Cc1c(C(=O)NCc2cccc3c2OCO3)nnn1C1CCNCC1.Cl. The summed E-state index contributed by atoms with van der Waals surface area (Å²) in [5.74, 6) is 1.17. The number of aromatic nitrogens is 3. The van der Waals surface area contributed by atoms with E-state index < -0.39 is 0 Å². The minimum Gasteiger partial charge on any atom is -0.454 e. The van der Waals surface area contributed by atoms with E-state index in [9.17, 15) is 4.79 Å². The summed E-state index contributed by atoms with van der Waals surface area (Å²) in [6.07, 6.45) is 2.00. The summed E-state index contributed by atoms with van der Waals surface area (Å²) in [4.78, 5) is 12.5. The average molecular weight is 380 g/mol. The van der Waals surface area contributed by atoms with E-state index in [1.165, 1.54) is 0 Å². The molecule has 3 heterocycles. The summed E-state index contributed by atoms with van der Waals surface area (Å²) >= 11 is 0. The molecule has 2 aliphatic rings. The highest BCUT2D eigenvalue weighted by molar-refractivity contribution is 5.93. The van der Waals surface area contributed by atoms with E-state index in [2.05, 4.69) is 20.9 Å². The Morgan fingerprint density at radius 3 is 2.96 bits per heavy atom. The van der Waals surface area contributed by atoms with Gasteiger partial charge in [0.2, 0.25) is 6.79 Å². The van der Waals surface area contributed by atoms with Gasteiger partial charge in [0.25, 0.3) is 5.91 Å². The second-order valence-electron chi connectivity index (χ2n) is 6.28. The minimum atomic E-state index is -0.228. The zero-order valence-electron chi connectivity index (χ0n) is 14.5. The van der Waals surface area contributed by atoms with E-state index >= 15 is 0 Å². The molecule has 2 N–H and O–H groups in total. The zero-order chi connectivity index (χ0) is 17.2. The molecule has 1 aromatic heterocycles. The molecule has 1 amide bonds. The Kier molecular flexibility index (Phi) is 5.63. The molecule has 0 aliphatic carbocycles. The van der Waals surface area contributed by atoms with E-state index in [1.54, 1.807) is 0 Å². The number of nitrogens with zero attached hydrogens (tertiary/aromatic N) is 3. The maximum atomic E-state index is 12.5. The second-order valence-corrected chi connectivity index (χ2v) is 6.28. The highest BCUT2D eigenvalue weighted by Gasteiger charge is 2.23. The Labute approximate surface area is 157 Å². The predicted octanol–water partition coefficient (Wildman–Crippen LogP) is 1.59. The summed E-state index contributed by atoms with van der Waals surface area (Å²) < 4.78 is 12.7. The number of carbonyl (C=O) groups excluding carboxylic acids is 1. The van der Waals surface area contributed by atoms with Gasteiger partial charge in [-0.05, 0) is 38.9 Å². The highest BCUT2D eigenvalue weighted by Crippen LogP contribution is 2.35. The highest BCUT2D eigenvalue weighted by atomic mass is 35.5. The molecule has 9 heteroatoms. The lowest BCUT2D eigenvalue weighted by molar-refractivity contribution is 0.0945. The topological polar surface area (TPSA) is 90.3 Å². The van der Waals surface area contributed by atoms with Crippen molar-refractivity contribution in [1.82, 2.24) is 25.6 Å². The van der Waals surface area contributed by atoms with Crippen molar-refractivity contribution in [2.75, 3.05) is 19.9 Å². The van der Waals surface area contributed by atoms with Crippen molar-refractivity contribution in [2.24, 2.45) is 0 Å². The molecule has 1 aromatic carbocycles. The Morgan fingerprint density at radius 1 is 1.35 bits per heavy atom. The lowest BCUT2D eigenvalue weighted by Crippen LogP contribution is -2.30. The molecule has 0 saturated carbocycles. The van der Waals surface area contributed by atoms with Crippen LogP contribution >= 0.6 is 12.4 Å². The van der Waals surface area contributed by atoms with Crippen LogP contribution in [0.1, 0.15) is 40.6 Å². The van der Waals surface area contributed by atoms with E-state index in [-0.39, 0.29) is 25.1 Å². The van der Waals surface area contributed by atoms with Crippen LogP contribution in [0.5, 0.6) is 11.5 Å². The van der Waals surface area contributed by atoms with Gasteiger partial charge in [-0.15, -0.1) is 17.5 Å². The van der Waals surface area contributed by atoms with Crippen LogP contribution in [0.2, 0.25) is 0 Å². The van der Waals surface area contributed by atoms with Crippen LogP contribution in [0.25, 0.3) is 0 Å². The van der Waals surface area contributed by atoms with Crippen LogP contribution in [0.15, 0.2) is 18.2 Å². The van der Waals surface area contributed by atoms with E-state index in [4.69, 9.17) is 9.47 Å². The first-order valence-corrected chi connectivity index (χ1v) is 8.52. The lowest BCUT2D eigenvalue weighted by Gasteiger charge is -2.23. The number of fused-ring (bicyclic) bond motifs is 1. The minimum absolute atomic E-state index is 0. The zero-order valence-corrected chi connectivity index (χ0v) is 15.3. The van der Waals surface area contributed by atoms with Crippen molar-refractivity contribution < 1.29 is 14.3 Å². The molecule has 0 atom stereocenters. The fourth-order valence-corrected chi connectivity index (χ4v) is 3.34. The molecule has 2 aliphatic heterocycles. The maximum absolute atomic E-state index is 12.5. The van der Waals surface area contributed by atoms with Gasteiger partial charge in [-0.2, -0.15) is 0 Å². The number of carbonyl (C=O) groups is 1. The molecule has 140 valence electrons. The van der Waals surface area contributed by atoms with Crippen LogP contribution in [-0.2, 0) is 6.54 Å². The number of halogens is 1. The standard InChI is InChI=1S/C17H21N5O3.ClH/c1-11-15(20-21-22(11)13-5-7-18-8-6-13)17(23)19-9-12-3-2-4-14-16(12)25-10-24-14;/h2-4,13,18H,5-10H2,1H3,(H,19,23);1H. The summed E-state index contributed by atoms with van der Waals surface area (Å²) in [5, 5.41) is 14.5. The molecule has 0 spiro atoms. The smallest absolute Gasteiger partial charge is 0.274 e. The molecule has 1 saturated heterocycles. The van der Waals surface area contributed by atoms with Crippen molar-refractivity contribution in [3.8, 4) is 11.5 Å². The molecule has 1 fully saturated rings. The number of piperidine rings is 1. The van der Waals surface area contributed by atoms with Crippen LogP contribution in [-0.4, -0.2) is 40.8 Å². The molecule has 0 unspecified atom stereocenters. The summed E-state index contributed by atoms with van der Waals surface area (Å²) in [5.41, 5.74) is 2.07. The first-order chi connectivity index (χ1) is 12.2. The molecule has 26 heavy (non-hydrogen) atoms. The largest absolute Gasteiger partial charge is 0.454 e. The number of amides is 1. The van der Waals surface area contributed by atoms with Gasteiger partial charge in [-0.3, -0.25) is 4.79 Å². The predicted molar refractivity (Wildman–Crippen MR) is 96.9 cm³/mol. The third kappa shape index (κ3) is 3.47. The van der Waals surface area contributed by atoms with Gasteiger partial charge in [-0.1, -0.05) is 17.3 Å². The molecule has 4 rings (SSSR count).